The van der Waals surface area contributed by atoms with Crippen molar-refractivity contribution < 1.29 is 4.79 Å². The molecule has 0 aliphatic carbocycles. The number of aromatic nitrogens is 1. The van der Waals surface area contributed by atoms with Crippen molar-refractivity contribution in [3.8, 4) is 0 Å². The van der Waals surface area contributed by atoms with Crippen LogP contribution in [0.4, 0.5) is 5.69 Å². The van der Waals surface area contributed by atoms with Gasteiger partial charge in [-0.25, -0.2) is 5.84 Å². The van der Waals surface area contributed by atoms with Crippen LogP contribution in [0.15, 0.2) is 42.6 Å². The lowest BCUT2D eigenvalue weighted by atomic mass is 10.0. The highest BCUT2D eigenvalue weighted by Gasteiger charge is 2.16. The molecule has 2 heterocycles. The zero-order valence-corrected chi connectivity index (χ0v) is 11.7. The molecule has 3 rings (SSSR count). The van der Waals surface area contributed by atoms with Crippen LogP contribution in [0.1, 0.15) is 28.0 Å². The third kappa shape index (κ3) is 2.87. The summed E-state index contributed by atoms with van der Waals surface area (Å²) in [4.78, 5) is 18.1. The van der Waals surface area contributed by atoms with Gasteiger partial charge in [0.15, 0.2) is 0 Å². The second-order valence-corrected chi connectivity index (χ2v) is 5.17. The fourth-order valence-electron chi connectivity index (χ4n) is 2.71. The Kier molecular flexibility index (Phi) is 3.83. The first-order valence-electron chi connectivity index (χ1n) is 7.06. The summed E-state index contributed by atoms with van der Waals surface area (Å²) in [5, 5.41) is 0. The molecule has 5 heteroatoms. The van der Waals surface area contributed by atoms with Gasteiger partial charge in [0.1, 0.15) is 0 Å². The SMILES string of the molecule is NNC(=O)c1ccc(CN2CCCc3ccccc32)nc1. The van der Waals surface area contributed by atoms with Crippen LogP contribution in [-0.2, 0) is 13.0 Å². The number of pyridine rings is 1. The van der Waals surface area contributed by atoms with E-state index in [9.17, 15) is 4.79 Å². The number of nitrogen functional groups attached to an aromatic ring is 1. The maximum atomic E-state index is 11.4. The lowest BCUT2D eigenvalue weighted by molar-refractivity contribution is 0.0953. The molecule has 5 nitrogen and oxygen atoms in total. The third-order valence-electron chi connectivity index (χ3n) is 3.78. The molecule has 108 valence electrons. The summed E-state index contributed by atoms with van der Waals surface area (Å²) in [6, 6.07) is 12.1. The van der Waals surface area contributed by atoms with Crippen LogP contribution in [0.5, 0.6) is 0 Å². The van der Waals surface area contributed by atoms with Gasteiger partial charge < -0.3 is 4.90 Å². The summed E-state index contributed by atoms with van der Waals surface area (Å²) in [7, 11) is 0. The van der Waals surface area contributed by atoms with E-state index in [-0.39, 0.29) is 5.91 Å². The normalized spacial score (nSPS) is 13.7. The molecule has 0 saturated heterocycles. The number of hydrogen-bond donors (Lipinski definition) is 2. The standard InChI is InChI=1S/C16H18N4O/c17-19-16(21)13-7-8-14(18-10-13)11-20-9-3-5-12-4-1-2-6-15(12)20/h1-2,4,6-8,10H,3,5,9,11,17H2,(H,19,21). The van der Waals surface area contributed by atoms with E-state index in [2.05, 4.69) is 39.6 Å². The minimum atomic E-state index is -0.322. The molecule has 0 unspecified atom stereocenters. The Balaban J connectivity index is 1.77. The van der Waals surface area contributed by atoms with Crippen molar-refractivity contribution in [1.82, 2.24) is 10.4 Å². The molecule has 1 aliphatic rings. The van der Waals surface area contributed by atoms with Gasteiger partial charge in [-0.1, -0.05) is 18.2 Å². The van der Waals surface area contributed by atoms with Gasteiger partial charge in [-0.15, -0.1) is 0 Å². The number of carbonyl (C=O) groups excluding carboxylic acids is 1. The molecule has 0 saturated carbocycles. The number of nitrogens with two attached hydrogens (primary N) is 1. The number of nitrogens with one attached hydrogen (secondary N) is 1. The van der Waals surface area contributed by atoms with Crippen molar-refractivity contribution in [2.24, 2.45) is 5.84 Å². The zero-order chi connectivity index (χ0) is 14.7. The quantitative estimate of drug-likeness (QED) is 0.510. The first kappa shape index (κ1) is 13.6. The number of hydrogen-bond acceptors (Lipinski definition) is 4. The van der Waals surface area contributed by atoms with E-state index in [1.807, 2.05) is 6.07 Å². The molecule has 1 amide bonds. The van der Waals surface area contributed by atoms with Crippen LogP contribution in [0.2, 0.25) is 0 Å². The fourth-order valence-corrected chi connectivity index (χ4v) is 2.71. The smallest absolute Gasteiger partial charge is 0.266 e. The first-order valence-corrected chi connectivity index (χ1v) is 7.06. The van der Waals surface area contributed by atoms with E-state index in [0.717, 1.165) is 31.6 Å². The minimum absolute atomic E-state index is 0.322. The molecule has 21 heavy (non-hydrogen) atoms. The summed E-state index contributed by atoms with van der Waals surface area (Å²) in [6.45, 7) is 1.78. The van der Waals surface area contributed by atoms with Gasteiger partial charge >= 0.3 is 0 Å². The van der Waals surface area contributed by atoms with Crippen molar-refractivity contribution in [3.05, 3.63) is 59.4 Å². The summed E-state index contributed by atoms with van der Waals surface area (Å²) in [5.74, 6) is 4.79. The van der Waals surface area contributed by atoms with E-state index >= 15 is 0 Å². The Morgan fingerprint density at radius 2 is 2.14 bits per heavy atom. The Morgan fingerprint density at radius 1 is 1.29 bits per heavy atom. The van der Waals surface area contributed by atoms with Crippen molar-refractivity contribution in [2.45, 2.75) is 19.4 Å². The Hall–Kier alpha value is -2.40. The highest BCUT2D eigenvalue weighted by molar-refractivity contribution is 5.93. The van der Waals surface area contributed by atoms with E-state index in [4.69, 9.17) is 5.84 Å². The Morgan fingerprint density at radius 3 is 2.90 bits per heavy atom. The molecule has 0 radical (unpaired) electrons. The van der Waals surface area contributed by atoms with E-state index in [0.29, 0.717) is 5.56 Å². The van der Waals surface area contributed by atoms with Gasteiger partial charge in [-0.3, -0.25) is 15.2 Å². The molecule has 3 N–H and O–H groups in total. The number of rotatable bonds is 3. The average molecular weight is 282 g/mol. The monoisotopic (exact) mass is 282 g/mol. The number of benzene rings is 1. The van der Waals surface area contributed by atoms with Crippen LogP contribution in [0.25, 0.3) is 0 Å². The van der Waals surface area contributed by atoms with Gasteiger partial charge in [-0.05, 0) is 36.6 Å². The molecule has 1 aromatic heterocycles. The topological polar surface area (TPSA) is 71.2 Å². The number of hydrazine groups is 1. The number of amides is 1. The maximum absolute atomic E-state index is 11.4. The fraction of sp³-hybridized carbons (Fsp3) is 0.250. The molecular weight excluding hydrogens is 264 g/mol. The van der Waals surface area contributed by atoms with E-state index in [1.165, 1.54) is 11.3 Å². The van der Waals surface area contributed by atoms with Crippen molar-refractivity contribution in [3.63, 3.8) is 0 Å². The molecular formula is C16H18N4O. The summed E-state index contributed by atoms with van der Waals surface area (Å²) in [5.41, 5.74) is 6.20. The second-order valence-electron chi connectivity index (χ2n) is 5.17. The lowest BCUT2D eigenvalue weighted by Crippen LogP contribution is -2.30. The minimum Gasteiger partial charge on any atom is -0.365 e. The van der Waals surface area contributed by atoms with Crippen molar-refractivity contribution in [1.29, 1.82) is 0 Å². The van der Waals surface area contributed by atoms with Gasteiger partial charge in [0, 0.05) is 18.4 Å². The number of aryl methyl sites for hydroxylation is 1. The predicted molar refractivity (Wildman–Crippen MR) is 81.7 cm³/mol. The number of carbonyl (C=O) groups is 1. The van der Waals surface area contributed by atoms with Gasteiger partial charge in [0.25, 0.3) is 5.91 Å². The average Bonchev–Trinajstić information content (AvgIpc) is 2.55. The zero-order valence-electron chi connectivity index (χ0n) is 11.7. The van der Waals surface area contributed by atoms with E-state index in [1.54, 1.807) is 12.3 Å². The maximum Gasteiger partial charge on any atom is 0.266 e. The molecule has 0 fully saturated rings. The molecule has 1 aromatic carbocycles. The van der Waals surface area contributed by atoms with Crippen molar-refractivity contribution in [2.75, 3.05) is 11.4 Å². The largest absolute Gasteiger partial charge is 0.365 e. The first-order chi connectivity index (χ1) is 10.3. The second kappa shape index (κ2) is 5.93. The molecule has 0 atom stereocenters. The van der Waals surface area contributed by atoms with Crippen LogP contribution < -0.4 is 16.2 Å². The highest BCUT2D eigenvalue weighted by atomic mass is 16.2. The van der Waals surface area contributed by atoms with Crippen LogP contribution >= 0.6 is 0 Å². The van der Waals surface area contributed by atoms with E-state index < -0.39 is 0 Å². The summed E-state index contributed by atoms with van der Waals surface area (Å²) < 4.78 is 0. The Labute approximate surface area is 123 Å². The summed E-state index contributed by atoms with van der Waals surface area (Å²) in [6.07, 6.45) is 3.85. The molecule has 2 aromatic rings. The van der Waals surface area contributed by atoms with Crippen LogP contribution in [0.3, 0.4) is 0 Å². The van der Waals surface area contributed by atoms with Gasteiger partial charge in [-0.2, -0.15) is 0 Å². The molecule has 0 bridgehead atoms. The summed E-state index contributed by atoms with van der Waals surface area (Å²) >= 11 is 0. The highest BCUT2D eigenvalue weighted by Crippen LogP contribution is 2.27. The number of anilines is 1. The van der Waals surface area contributed by atoms with Gasteiger partial charge in [0.2, 0.25) is 0 Å². The number of nitrogens with zero attached hydrogens (tertiary/aromatic N) is 2. The molecule has 1 aliphatic heterocycles. The third-order valence-corrected chi connectivity index (χ3v) is 3.78. The van der Waals surface area contributed by atoms with Gasteiger partial charge in [0.05, 0.1) is 17.8 Å². The van der Waals surface area contributed by atoms with Crippen LogP contribution in [0, 0.1) is 0 Å². The van der Waals surface area contributed by atoms with Crippen molar-refractivity contribution >= 4 is 11.6 Å². The lowest BCUT2D eigenvalue weighted by Gasteiger charge is -2.31. The predicted octanol–water partition coefficient (Wildman–Crippen LogP) is 1.64. The molecule has 0 spiro atoms. The van der Waals surface area contributed by atoms with Crippen LogP contribution in [-0.4, -0.2) is 17.4 Å². The Bertz CT molecular complexity index is 639. The number of fused-ring (bicyclic) bond motifs is 1. The number of para-hydroxylation sites is 1.